The highest BCUT2D eigenvalue weighted by molar-refractivity contribution is 6.02. The van der Waals surface area contributed by atoms with Crippen LogP contribution in [0.1, 0.15) is 19.0 Å². The van der Waals surface area contributed by atoms with Crippen LogP contribution >= 0.6 is 0 Å². The molecule has 8 nitrogen and oxygen atoms in total. The Hall–Kier alpha value is -3.03. The number of aromatic nitrogens is 1. The molecule has 23 heavy (non-hydrogen) atoms. The molecule has 0 aromatic carbocycles. The molecule has 1 aromatic heterocycles. The quantitative estimate of drug-likeness (QED) is 0.297. The summed E-state index contributed by atoms with van der Waals surface area (Å²) in [6.45, 7) is 1.65. The summed E-state index contributed by atoms with van der Waals surface area (Å²) in [5.41, 5.74) is 0.453. The van der Waals surface area contributed by atoms with Gasteiger partial charge < -0.3 is 20.2 Å². The van der Waals surface area contributed by atoms with Gasteiger partial charge in [-0.05, 0) is 19.1 Å². The number of nitrogens with one attached hydrogen (secondary N) is 2. The van der Waals surface area contributed by atoms with Crippen LogP contribution < -0.4 is 10.6 Å². The van der Waals surface area contributed by atoms with E-state index in [9.17, 15) is 19.2 Å². The third-order valence-corrected chi connectivity index (χ3v) is 2.46. The third kappa shape index (κ3) is 6.98. The number of hydrogen-bond acceptors (Lipinski definition) is 6. The molecular weight excluding hydrogens is 302 g/mol. The average molecular weight is 319 g/mol. The summed E-state index contributed by atoms with van der Waals surface area (Å²) >= 11 is 0. The van der Waals surface area contributed by atoms with Crippen molar-refractivity contribution in [2.45, 2.75) is 13.3 Å². The number of ether oxygens (including phenoxy) is 1. The van der Waals surface area contributed by atoms with E-state index in [1.54, 1.807) is 25.1 Å². The van der Waals surface area contributed by atoms with Gasteiger partial charge >= 0.3 is 5.97 Å². The molecule has 8 heteroatoms. The number of pyridine rings is 1. The van der Waals surface area contributed by atoms with Crippen molar-refractivity contribution in [1.29, 1.82) is 0 Å². The van der Waals surface area contributed by atoms with Crippen molar-refractivity contribution in [3.63, 3.8) is 0 Å². The van der Waals surface area contributed by atoms with E-state index in [4.69, 9.17) is 0 Å². The van der Waals surface area contributed by atoms with Crippen molar-refractivity contribution in [1.82, 2.24) is 15.6 Å². The molecule has 0 atom stereocenters. The van der Waals surface area contributed by atoms with E-state index in [0.717, 1.165) is 6.08 Å². The molecule has 122 valence electrons. The first-order chi connectivity index (χ1) is 11.1. The van der Waals surface area contributed by atoms with Gasteiger partial charge in [-0.2, -0.15) is 0 Å². The number of rotatable bonds is 8. The molecule has 0 aliphatic rings. The molecule has 0 spiro atoms. The summed E-state index contributed by atoms with van der Waals surface area (Å²) in [6, 6.07) is 4.94. The zero-order chi connectivity index (χ0) is 17.1. The van der Waals surface area contributed by atoms with Crippen molar-refractivity contribution in [2.75, 3.05) is 13.2 Å². The van der Waals surface area contributed by atoms with Gasteiger partial charge in [0.1, 0.15) is 12.7 Å². The first-order valence-electron chi connectivity index (χ1n) is 6.86. The second kappa shape index (κ2) is 9.82. The lowest BCUT2D eigenvalue weighted by Crippen LogP contribution is -2.28. The topological polar surface area (TPSA) is 114 Å². The van der Waals surface area contributed by atoms with E-state index < -0.39 is 24.2 Å². The minimum Gasteiger partial charge on any atom is -0.466 e. The fraction of sp³-hybridized carbons (Fsp3) is 0.267. The van der Waals surface area contributed by atoms with Gasteiger partial charge in [0.05, 0.1) is 24.5 Å². The van der Waals surface area contributed by atoms with Crippen LogP contribution in [-0.2, 0) is 23.9 Å². The number of amides is 2. The number of esters is 1. The zero-order valence-corrected chi connectivity index (χ0v) is 12.6. The average Bonchev–Trinajstić information content (AvgIpc) is 2.53. The molecule has 0 aliphatic heterocycles. The Morgan fingerprint density at radius 2 is 2.09 bits per heavy atom. The monoisotopic (exact) mass is 319 g/mol. The normalized spacial score (nSPS) is 10.6. The molecule has 0 unspecified atom stereocenters. The third-order valence-electron chi connectivity index (χ3n) is 2.46. The Balaban J connectivity index is 2.86. The molecule has 1 heterocycles. The molecule has 1 rings (SSSR count). The predicted molar refractivity (Wildman–Crippen MR) is 80.7 cm³/mol. The van der Waals surface area contributed by atoms with Crippen molar-refractivity contribution in [2.24, 2.45) is 0 Å². The zero-order valence-electron chi connectivity index (χ0n) is 12.6. The van der Waals surface area contributed by atoms with Crippen LogP contribution in [-0.4, -0.2) is 42.2 Å². The summed E-state index contributed by atoms with van der Waals surface area (Å²) in [6.07, 6.45) is 2.64. The van der Waals surface area contributed by atoms with Crippen LogP contribution in [0.2, 0.25) is 0 Å². The van der Waals surface area contributed by atoms with Gasteiger partial charge in [0.15, 0.2) is 0 Å². The van der Waals surface area contributed by atoms with Gasteiger partial charge in [-0.3, -0.25) is 19.4 Å². The maximum absolute atomic E-state index is 11.8. The van der Waals surface area contributed by atoms with E-state index in [-0.39, 0.29) is 18.8 Å². The first-order valence-corrected chi connectivity index (χ1v) is 6.86. The lowest BCUT2D eigenvalue weighted by Gasteiger charge is -2.09. The molecule has 0 bridgehead atoms. The van der Waals surface area contributed by atoms with Crippen LogP contribution in [0.3, 0.4) is 0 Å². The van der Waals surface area contributed by atoms with E-state index in [0.29, 0.717) is 12.0 Å². The molecule has 2 amide bonds. The Labute approximate surface area is 132 Å². The van der Waals surface area contributed by atoms with E-state index >= 15 is 0 Å². The van der Waals surface area contributed by atoms with Crippen LogP contribution in [0.25, 0.3) is 5.70 Å². The predicted octanol–water partition coefficient (Wildman–Crippen LogP) is -0.193. The van der Waals surface area contributed by atoms with Crippen molar-refractivity contribution < 1.29 is 23.9 Å². The van der Waals surface area contributed by atoms with Crippen molar-refractivity contribution in [3.05, 3.63) is 36.2 Å². The Morgan fingerprint density at radius 3 is 2.70 bits per heavy atom. The maximum Gasteiger partial charge on any atom is 0.315 e. The molecule has 0 saturated heterocycles. The second-order valence-corrected chi connectivity index (χ2v) is 4.21. The molecule has 0 radical (unpaired) electrons. The molecular formula is C15H17N3O5. The fourth-order valence-corrected chi connectivity index (χ4v) is 1.56. The van der Waals surface area contributed by atoms with Crippen LogP contribution in [0.15, 0.2) is 30.5 Å². The van der Waals surface area contributed by atoms with Gasteiger partial charge in [0.2, 0.25) is 11.8 Å². The van der Waals surface area contributed by atoms with Crippen molar-refractivity contribution >= 4 is 29.8 Å². The standard InChI is InChI=1S/C15H17N3O5/c1-2-23-15(22)10-14(21)18-12(9-13(20)17-7-8-19)11-5-3-4-6-16-11/h3-6,8-9H,2,7,10H2,1H3,(H,17,20)(H,18,21). The Bertz CT molecular complexity index is 598. The molecule has 1 aromatic rings. The molecule has 0 saturated carbocycles. The molecule has 2 N–H and O–H groups in total. The highest BCUT2D eigenvalue weighted by Crippen LogP contribution is 2.08. The van der Waals surface area contributed by atoms with E-state index in [2.05, 4.69) is 20.4 Å². The largest absolute Gasteiger partial charge is 0.466 e. The minimum absolute atomic E-state index is 0.114. The number of carbonyl (C=O) groups excluding carboxylic acids is 4. The highest BCUT2D eigenvalue weighted by atomic mass is 16.5. The smallest absolute Gasteiger partial charge is 0.315 e. The van der Waals surface area contributed by atoms with E-state index in [1.165, 1.54) is 6.20 Å². The van der Waals surface area contributed by atoms with Gasteiger partial charge in [-0.1, -0.05) is 6.07 Å². The molecule has 0 fully saturated rings. The van der Waals surface area contributed by atoms with E-state index in [1.807, 2.05) is 0 Å². The highest BCUT2D eigenvalue weighted by Gasteiger charge is 2.14. The van der Waals surface area contributed by atoms with Gasteiger partial charge in [-0.15, -0.1) is 0 Å². The minimum atomic E-state index is -0.671. The SMILES string of the molecule is CCOC(=O)CC(=O)NC(=CC(=O)NCC=O)c1ccccn1. The summed E-state index contributed by atoms with van der Waals surface area (Å²) in [5.74, 6) is -1.88. The second-order valence-electron chi connectivity index (χ2n) is 4.21. The number of carbonyl (C=O) groups is 4. The van der Waals surface area contributed by atoms with Crippen molar-refractivity contribution in [3.8, 4) is 0 Å². The number of aldehydes is 1. The number of hydrogen-bond donors (Lipinski definition) is 2. The van der Waals surface area contributed by atoms with Gasteiger partial charge in [0.25, 0.3) is 0 Å². The lowest BCUT2D eigenvalue weighted by atomic mass is 10.2. The fourth-order valence-electron chi connectivity index (χ4n) is 1.56. The summed E-state index contributed by atoms with van der Waals surface area (Å²) in [7, 11) is 0. The Morgan fingerprint density at radius 1 is 1.30 bits per heavy atom. The maximum atomic E-state index is 11.8. The summed E-state index contributed by atoms with van der Waals surface area (Å²) in [4.78, 5) is 49.1. The molecule has 0 aliphatic carbocycles. The first kappa shape index (κ1) is 18.0. The van der Waals surface area contributed by atoms with Crippen LogP contribution in [0.4, 0.5) is 0 Å². The lowest BCUT2D eigenvalue weighted by molar-refractivity contribution is -0.145. The summed E-state index contributed by atoms with van der Waals surface area (Å²) < 4.78 is 4.68. The van der Waals surface area contributed by atoms with Crippen LogP contribution in [0.5, 0.6) is 0 Å². The van der Waals surface area contributed by atoms with Gasteiger partial charge in [-0.25, -0.2) is 0 Å². The van der Waals surface area contributed by atoms with Gasteiger partial charge in [0, 0.05) is 12.3 Å². The summed E-state index contributed by atoms with van der Waals surface area (Å²) in [5, 5.41) is 4.75. The van der Waals surface area contributed by atoms with Crippen LogP contribution in [0, 0.1) is 0 Å². The number of nitrogens with zero attached hydrogens (tertiary/aromatic N) is 1. The Kier molecular flexibility index (Phi) is 7.70.